The predicted molar refractivity (Wildman–Crippen MR) is 124 cm³/mol. The number of hydrogen-bond donors (Lipinski definition) is 2. The van der Waals surface area contributed by atoms with Crippen LogP contribution in [0.4, 0.5) is 0 Å². The molecule has 29 heavy (non-hydrogen) atoms. The van der Waals surface area contributed by atoms with Crippen LogP contribution >= 0.6 is 0 Å². The summed E-state index contributed by atoms with van der Waals surface area (Å²) in [6.07, 6.45) is 2.07. The fourth-order valence-corrected chi connectivity index (χ4v) is 4.02. The number of aromatic hydroxyl groups is 2. The van der Waals surface area contributed by atoms with Crippen molar-refractivity contribution in [2.24, 2.45) is 0 Å². The van der Waals surface area contributed by atoms with Gasteiger partial charge in [-0.25, -0.2) is 0 Å². The second kappa shape index (κ2) is 7.89. The van der Waals surface area contributed by atoms with E-state index in [9.17, 15) is 10.2 Å². The highest BCUT2D eigenvalue weighted by molar-refractivity contribution is 5.59. The summed E-state index contributed by atoms with van der Waals surface area (Å²) in [5, 5.41) is 22.6. The number of phenolic OH excluding ortho intramolecular Hbond substituents is 2. The fourth-order valence-electron chi connectivity index (χ4n) is 4.02. The highest BCUT2D eigenvalue weighted by atomic mass is 16.3. The molecule has 0 radical (unpaired) electrons. The van der Waals surface area contributed by atoms with Gasteiger partial charge in [0.25, 0.3) is 0 Å². The van der Waals surface area contributed by atoms with E-state index in [2.05, 4.69) is 92.7 Å². The molecule has 0 aromatic heterocycles. The van der Waals surface area contributed by atoms with Crippen LogP contribution in [0.25, 0.3) is 0 Å². The lowest BCUT2D eigenvalue weighted by Gasteiger charge is -2.29. The van der Waals surface area contributed by atoms with Crippen molar-refractivity contribution < 1.29 is 10.2 Å². The summed E-state index contributed by atoms with van der Waals surface area (Å²) in [6, 6.07) is 8.25. The Morgan fingerprint density at radius 1 is 0.759 bits per heavy atom. The summed E-state index contributed by atoms with van der Waals surface area (Å²) in [5.74, 6) is 0.446. The Morgan fingerprint density at radius 3 is 1.38 bits per heavy atom. The third kappa shape index (κ3) is 4.69. The maximum Gasteiger partial charge on any atom is 0.123 e. The molecule has 158 valence electrons. The van der Waals surface area contributed by atoms with E-state index in [1.165, 1.54) is 0 Å². The minimum atomic E-state index is -0.206. The number of hydrogen-bond acceptors (Lipinski definition) is 2. The minimum absolute atomic E-state index is 0.176. The van der Waals surface area contributed by atoms with Crippen molar-refractivity contribution in [3.8, 4) is 11.5 Å². The van der Waals surface area contributed by atoms with Crippen LogP contribution in [0, 0.1) is 13.8 Å². The number of rotatable bonds is 3. The van der Waals surface area contributed by atoms with Crippen LogP contribution in [0.15, 0.2) is 35.9 Å². The molecule has 0 amide bonds. The van der Waals surface area contributed by atoms with E-state index in [-0.39, 0.29) is 16.7 Å². The van der Waals surface area contributed by atoms with E-state index in [4.69, 9.17) is 0 Å². The Labute approximate surface area is 177 Å². The van der Waals surface area contributed by atoms with Crippen molar-refractivity contribution in [1.82, 2.24) is 0 Å². The molecular weight excluding hydrogens is 356 g/mol. The van der Waals surface area contributed by atoms with Crippen LogP contribution in [0.3, 0.4) is 0 Å². The summed E-state index contributed by atoms with van der Waals surface area (Å²) >= 11 is 0. The zero-order valence-corrected chi connectivity index (χ0v) is 19.9. The van der Waals surface area contributed by atoms with Crippen molar-refractivity contribution in [3.05, 3.63) is 69.3 Å². The van der Waals surface area contributed by atoms with Crippen LogP contribution in [0.5, 0.6) is 11.5 Å². The molecule has 2 nitrogen and oxygen atoms in total. The third-order valence-electron chi connectivity index (χ3n) is 5.72. The first-order valence-corrected chi connectivity index (χ1v) is 10.5. The summed E-state index contributed by atoms with van der Waals surface area (Å²) < 4.78 is 0. The van der Waals surface area contributed by atoms with E-state index in [0.717, 1.165) is 39.0 Å². The van der Waals surface area contributed by atoms with Gasteiger partial charge in [0.1, 0.15) is 11.5 Å². The lowest BCUT2D eigenvalue weighted by molar-refractivity contribution is 0.431. The lowest BCUT2D eigenvalue weighted by Crippen LogP contribution is -2.16. The van der Waals surface area contributed by atoms with Crippen LogP contribution in [0.2, 0.25) is 0 Å². The van der Waals surface area contributed by atoms with Gasteiger partial charge >= 0.3 is 0 Å². The normalized spacial score (nSPS) is 13.3. The standard InChI is InChI=1S/C27H38O2/c1-11-18(4)23(19-12-16(2)14-21(24(19)28)26(5,6)7)20-13-17(3)15-22(25(20)29)27(8,9)10/h11-15,23,28-29H,1-10H3. The first kappa shape index (κ1) is 23.1. The van der Waals surface area contributed by atoms with E-state index in [1.54, 1.807) is 0 Å². The molecule has 0 heterocycles. The Hall–Kier alpha value is -2.22. The van der Waals surface area contributed by atoms with E-state index >= 15 is 0 Å². The monoisotopic (exact) mass is 394 g/mol. The fraction of sp³-hybridized carbons (Fsp3) is 0.481. The zero-order chi connectivity index (χ0) is 22.3. The van der Waals surface area contributed by atoms with Crippen molar-refractivity contribution >= 4 is 0 Å². The molecule has 2 rings (SSSR count). The molecule has 0 saturated carbocycles. The number of benzene rings is 2. The molecule has 0 bridgehead atoms. The Balaban J connectivity index is 2.91. The van der Waals surface area contributed by atoms with Crippen molar-refractivity contribution in [2.75, 3.05) is 0 Å². The van der Waals surface area contributed by atoms with Crippen molar-refractivity contribution in [1.29, 1.82) is 0 Å². The van der Waals surface area contributed by atoms with Gasteiger partial charge < -0.3 is 10.2 Å². The molecule has 0 saturated heterocycles. The second-order valence-corrected chi connectivity index (χ2v) is 10.5. The zero-order valence-electron chi connectivity index (χ0n) is 19.9. The molecule has 2 N–H and O–H groups in total. The highest BCUT2D eigenvalue weighted by Crippen LogP contribution is 2.47. The molecular formula is C27H38O2. The molecule has 2 aromatic carbocycles. The average Bonchev–Trinajstić information content (AvgIpc) is 2.58. The summed E-state index contributed by atoms with van der Waals surface area (Å²) in [6.45, 7) is 20.9. The average molecular weight is 395 g/mol. The van der Waals surface area contributed by atoms with Crippen LogP contribution in [-0.4, -0.2) is 10.2 Å². The Morgan fingerprint density at radius 2 is 1.10 bits per heavy atom. The van der Waals surface area contributed by atoms with Crippen LogP contribution in [-0.2, 0) is 10.8 Å². The first-order valence-electron chi connectivity index (χ1n) is 10.5. The molecule has 0 fully saturated rings. The molecule has 2 aromatic rings. The molecule has 0 aliphatic heterocycles. The van der Waals surface area contributed by atoms with Gasteiger partial charge in [-0.05, 0) is 49.7 Å². The van der Waals surface area contributed by atoms with Gasteiger partial charge in [0.2, 0.25) is 0 Å². The lowest BCUT2D eigenvalue weighted by atomic mass is 9.76. The van der Waals surface area contributed by atoms with Crippen molar-refractivity contribution in [2.45, 2.75) is 86.0 Å². The van der Waals surface area contributed by atoms with Gasteiger partial charge in [-0.1, -0.05) is 88.6 Å². The molecule has 0 spiro atoms. The Bertz CT molecular complexity index is 865. The third-order valence-corrected chi connectivity index (χ3v) is 5.72. The minimum Gasteiger partial charge on any atom is -0.507 e. The highest BCUT2D eigenvalue weighted by Gasteiger charge is 2.30. The predicted octanol–water partition coefficient (Wildman–Crippen LogP) is 7.41. The number of phenols is 2. The molecule has 0 aliphatic rings. The van der Waals surface area contributed by atoms with E-state index in [1.807, 2.05) is 6.92 Å². The molecule has 0 aliphatic carbocycles. The van der Waals surface area contributed by atoms with Crippen molar-refractivity contribution in [3.63, 3.8) is 0 Å². The van der Waals surface area contributed by atoms with E-state index in [0.29, 0.717) is 11.5 Å². The summed E-state index contributed by atoms with van der Waals surface area (Å²) in [4.78, 5) is 0. The van der Waals surface area contributed by atoms with Gasteiger partial charge in [-0.3, -0.25) is 0 Å². The topological polar surface area (TPSA) is 40.5 Å². The van der Waals surface area contributed by atoms with Gasteiger partial charge in [0.05, 0.1) is 0 Å². The van der Waals surface area contributed by atoms with Crippen LogP contribution < -0.4 is 0 Å². The van der Waals surface area contributed by atoms with Crippen LogP contribution in [0.1, 0.15) is 94.7 Å². The maximum absolute atomic E-state index is 11.3. The summed E-state index contributed by atoms with van der Waals surface area (Å²) in [7, 11) is 0. The van der Waals surface area contributed by atoms with Gasteiger partial charge in [0.15, 0.2) is 0 Å². The number of aryl methyl sites for hydroxylation is 2. The molecule has 2 heteroatoms. The van der Waals surface area contributed by atoms with E-state index < -0.39 is 0 Å². The smallest absolute Gasteiger partial charge is 0.123 e. The first-order chi connectivity index (χ1) is 13.2. The SMILES string of the molecule is CC=C(C)C(c1cc(C)cc(C(C)(C)C)c1O)c1cc(C)cc(C(C)(C)C)c1O. The molecule has 0 atom stereocenters. The van der Waals surface area contributed by atoms with Gasteiger partial charge in [0, 0.05) is 17.0 Å². The number of allylic oxidation sites excluding steroid dienone is 2. The van der Waals surface area contributed by atoms with Gasteiger partial charge in [-0.15, -0.1) is 0 Å². The summed E-state index contributed by atoms with van der Waals surface area (Å²) in [5.41, 5.74) is 6.55. The Kier molecular flexibility index (Phi) is 6.28. The quantitative estimate of drug-likeness (QED) is 0.532. The maximum atomic E-state index is 11.3. The molecule has 0 unspecified atom stereocenters. The van der Waals surface area contributed by atoms with Gasteiger partial charge in [-0.2, -0.15) is 0 Å². The largest absolute Gasteiger partial charge is 0.507 e. The second-order valence-electron chi connectivity index (χ2n) is 10.5.